The molecule has 1 aliphatic heterocycles. The van der Waals surface area contributed by atoms with Gasteiger partial charge in [0.2, 0.25) is 0 Å². The van der Waals surface area contributed by atoms with Gasteiger partial charge in [0, 0.05) is 39.3 Å². The number of amides is 1. The molecule has 0 radical (unpaired) electrons. The maximum atomic E-state index is 12.2. The van der Waals surface area contributed by atoms with E-state index in [1.807, 2.05) is 18.2 Å². The first kappa shape index (κ1) is 20.6. The van der Waals surface area contributed by atoms with Crippen LogP contribution in [0, 0.1) is 5.92 Å². The Hall–Kier alpha value is -3.62. The van der Waals surface area contributed by atoms with Gasteiger partial charge in [0.05, 0.1) is 23.3 Å². The molecule has 9 nitrogen and oxygen atoms in total. The molecule has 2 heterocycles. The number of ether oxygens (including phenoxy) is 2. The highest BCUT2D eigenvalue weighted by Gasteiger charge is 2.22. The highest BCUT2D eigenvalue weighted by Crippen LogP contribution is 2.33. The normalized spacial score (nSPS) is 14.7. The third-order valence-electron chi connectivity index (χ3n) is 5.81. The first-order chi connectivity index (χ1) is 14.8. The molecule has 9 heteroatoms. The predicted octanol–water partition coefficient (Wildman–Crippen LogP) is 3.02. The molecule has 0 bridgehead atoms. The van der Waals surface area contributed by atoms with E-state index in [4.69, 9.17) is 20.3 Å². The number of rotatable bonds is 5. The van der Waals surface area contributed by atoms with Gasteiger partial charge in [-0.2, -0.15) is 0 Å². The van der Waals surface area contributed by atoms with Gasteiger partial charge < -0.3 is 25.2 Å². The number of aryl methyl sites for hydroxylation is 2. The third kappa shape index (κ3) is 4.16. The SMILES string of the molecule is Cn1c(=O)n(C)c2cc(Oc3cccc(OCC4CCN(C(=O)O)CC4)c3)c(N)cc21. The molecular formula is C22H26N4O5. The minimum absolute atomic E-state index is 0.129. The number of benzene rings is 2. The molecule has 4 rings (SSSR count). The van der Waals surface area contributed by atoms with Crippen LogP contribution in [0.3, 0.4) is 0 Å². The summed E-state index contributed by atoms with van der Waals surface area (Å²) in [6.07, 6.45) is 0.709. The molecule has 1 amide bonds. The highest BCUT2D eigenvalue weighted by molar-refractivity contribution is 5.83. The van der Waals surface area contributed by atoms with Crippen LogP contribution in [0.15, 0.2) is 41.2 Å². The lowest BCUT2D eigenvalue weighted by Crippen LogP contribution is -2.38. The van der Waals surface area contributed by atoms with Crippen molar-refractivity contribution in [3.8, 4) is 17.2 Å². The molecule has 1 fully saturated rings. The van der Waals surface area contributed by atoms with E-state index in [9.17, 15) is 9.59 Å². The van der Waals surface area contributed by atoms with E-state index in [1.54, 1.807) is 41.4 Å². The molecule has 2 aromatic carbocycles. The maximum absolute atomic E-state index is 12.2. The zero-order valence-electron chi connectivity index (χ0n) is 17.6. The van der Waals surface area contributed by atoms with Crippen LogP contribution in [0.2, 0.25) is 0 Å². The van der Waals surface area contributed by atoms with E-state index in [0.717, 1.165) is 23.9 Å². The van der Waals surface area contributed by atoms with E-state index in [0.29, 0.717) is 48.6 Å². The number of hydrogen-bond donors (Lipinski definition) is 2. The first-order valence-electron chi connectivity index (χ1n) is 10.2. The molecule has 1 aliphatic rings. The summed E-state index contributed by atoms with van der Waals surface area (Å²) >= 11 is 0. The Kier molecular flexibility index (Phi) is 5.50. The van der Waals surface area contributed by atoms with Crippen LogP contribution in [0.25, 0.3) is 11.0 Å². The molecule has 31 heavy (non-hydrogen) atoms. The van der Waals surface area contributed by atoms with E-state index in [1.165, 1.54) is 4.90 Å². The zero-order chi connectivity index (χ0) is 22.1. The van der Waals surface area contributed by atoms with Crippen LogP contribution in [0.1, 0.15) is 12.8 Å². The van der Waals surface area contributed by atoms with Crippen LogP contribution in [-0.4, -0.2) is 44.9 Å². The van der Waals surface area contributed by atoms with Crippen molar-refractivity contribution < 1.29 is 19.4 Å². The Balaban J connectivity index is 1.44. The fourth-order valence-corrected chi connectivity index (χ4v) is 3.89. The Bertz CT molecular complexity index is 1170. The van der Waals surface area contributed by atoms with Gasteiger partial charge in [0.15, 0.2) is 5.75 Å². The van der Waals surface area contributed by atoms with Crippen molar-refractivity contribution in [3.63, 3.8) is 0 Å². The largest absolute Gasteiger partial charge is 0.493 e. The quantitative estimate of drug-likeness (QED) is 0.607. The van der Waals surface area contributed by atoms with Crippen LogP contribution in [0.5, 0.6) is 17.2 Å². The van der Waals surface area contributed by atoms with Crippen molar-refractivity contribution in [2.75, 3.05) is 25.4 Å². The Labute approximate surface area is 179 Å². The second-order valence-electron chi connectivity index (χ2n) is 7.88. The van der Waals surface area contributed by atoms with Gasteiger partial charge in [0.1, 0.15) is 11.5 Å². The predicted molar refractivity (Wildman–Crippen MR) is 117 cm³/mol. The number of imidazole rings is 1. The molecule has 0 unspecified atom stereocenters. The molecule has 0 saturated carbocycles. The van der Waals surface area contributed by atoms with Crippen LogP contribution in [-0.2, 0) is 14.1 Å². The lowest BCUT2D eigenvalue weighted by molar-refractivity contribution is 0.111. The second-order valence-corrected chi connectivity index (χ2v) is 7.88. The number of piperidine rings is 1. The van der Waals surface area contributed by atoms with Gasteiger partial charge in [-0.25, -0.2) is 9.59 Å². The average molecular weight is 426 g/mol. The molecule has 0 atom stereocenters. The average Bonchev–Trinajstić information content (AvgIpc) is 2.97. The molecule has 0 aliphatic carbocycles. The van der Waals surface area contributed by atoms with E-state index >= 15 is 0 Å². The smallest absolute Gasteiger partial charge is 0.407 e. The summed E-state index contributed by atoms with van der Waals surface area (Å²) in [7, 11) is 3.41. The van der Waals surface area contributed by atoms with Crippen LogP contribution < -0.4 is 20.9 Å². The summed E-state index contributed by atoms with van der Waals surface area (Å²) in [6.45, 7) is 1.60. The zero-order valence-corrected chi connectivity index (χ0v) is 17.6. The van der Waals surface area contributed by atoms with E-state index in [-0.39, 0.29) is 5.69 Å². The number of anilines is 1. The van der Waals surface area contributed by atoms with Crippen LogP contribution in [0.4, 0.5) is 10.5 Å². The molecule has 164 valence electrons. The molecule has 3 N–H and O–H groups in total. The molecule has 0 spiro atoms. The van der Waals surface area contributed by atoms with Gasteiger partial charge in [0.25, 0.3) is 0 Å². The van der Waals surface area contributed by atoms with Gasteiger partial charge in [-0.05, 0) is 37.0 Å². The first-order valence-corrected chi connectivity index (χ1v) is 10.2. The monoisotopic (exact) mass is 426 g/mol. The topological polar surface area (TPSA) is 112 Å². The van der Waals surface area contributed by atoms with Gasteiger partial charge in [-0.1, -0.05) is 6.07 Å². The number of nitrogens with zero attached hydrogens (tertiary/aromatic N) is 3. The van der Waals surface area contributed by atoms with Crippen molar-refractivity contribution in [1.29, 1.82) is 0 Å². The summed E-state index contributed by atoms with van der Waals surface area (Å²) in [5, 5.41) is 9.05. The fourth-order valence-electron chi connectivity index (χ4n) is 3.89. The maximum Gasteiger partial charge on any atom is 0.407 e. The van der Waals surface area contributed by atoms with Gasteiger partial charge in [-0.15, -0.1) is 0 Å². The van der Waals surface area contributed by atoms with Crippen molar-refractivity contribution in [2.45, 2.75) is 12.8 Å². The van der Waals surface area contributed by atoms with Crippen molar-refractivity contribution in [2.24, 2.45) is 20.0 Å². The Morgan fingerprint density at radius 2 is 1.74 bits per heavy atom. The molecule has 1 saturated heterocycles. The fraction of sp³-hybridized carbons (Fsp3) is 0.364. The lowest BCUT2D eigenvalue weighted by Gasteiger charge is -2.29. The number of nitrogen functional groups attached to an aromatic ring is 1. The standard InChI is InChI=1S/C22H26N4O5/c1-24-18-11-17(23)20(12-19(18)25(2)21(24)27)31-16-5-3-4-15(10-16)30-13-14-6-8-26(9-7-14)22(28)29/h3-5,10-12,14H,6-9,13,23H2,1-2H3,(H,28,29). The molecule has 3 aromatic rings. The van der Waals surface area contributed by atoms with Gasteiger partial charge in [-0.3, -0.25) is 9.13 Å². The van der Waals surface area contributed by atoms with E-state index < -0.39 is 6.09 Å². The number of carbonyl (C=O) groups is 1. The third-order valence-corrected chi connectivity index (χ3v) is 5.81. The number of carboxylic acid groups (broad SMARTS) is 1. The Morgan fingerprint density at radius 3 is 2.42 bits per heavy atom. The summed E-state index contributed by atoms with van der Waals surface area (Å²) < 4.78 is 15.0. The Morgan fingerprint density at radius 1 is 1.10 bits per heavy atom. The minimum Gasteiger partial charge on any atom is -0.493 e. The van der Waals surface area contributed by atoms with Gasteiger partial charge >= 0.3 is 11.8 Å². The van der Waals surface area contributed by atoms with Crippen molar-refractivity contribution in [1.82, 2.24) is 14.0 Å². The lowest BCUT2D eigenvalue weighted by atomic mass is 9.98. The number of nitrogens with two attached hydrogens (primary N) is 1. The van der Waals surface area contributed by atoms with Crippen LogP contribution >= 0.6 is 0 Å². The molecule has 1 aromatic heterocycles. The summed E-state index contributed by atoms with van der Waals surface area (Å²) in [6, 6.07) is 10.8. The summed E-state index contributed by atoms with van der Waals surface area (Å²) in [5.41, 5.74) is 7.94. The number of aromatic nitrogens is 2. The van der Waals surface area contributed by atoms with E-state index in [2.05, 4.69) is 0 Å². The minimum atomic E-state index is -0.864. The molecular weight excluding hydrogens is 400 g/mol. The number of fused-ring (bicyclic) bond motifs is 1. The number of likely N-dealkylation sites (tertiary alicyclic amines) is 1. The van der Waals surface area contributed by atoms with Crippen molar-refractivity contribution >= 4 is 22.8 Å². The highest BCUT2D eigenvalue weighted by atomic mass is 16.5. The van der Waals surface area contributed by atoms with Crippen molar-refractivity contribution in [3.05, 3.63) is 46.9 Å². The summed E-state index contributed by atoms with van der Waals surface area (Å²) in [5.74, 6) is 2.03. The number of hydrogen-bond acceptors (Lipinski definition) is 5. The summed E-state index contributed by atoms with van der Waals surface area (Å²) in [4.78, 5) is 24.6. The second kappa shape index (κ2) is 8.25.